The van der Waals surface area contributed by atoms with Gasteiger partial charge in [-0.1, -0.05) is 13.0 Å². The van der Waals surface area contributed by atoms with Gasteiger partial charge in [-0.3, -0.25) is 9.00 Å². The standard InChI is InChI=1S/C12H14O4S/c1-2-3-12(13)17(14)7-9-4-5-10-11(6-9)16-8-15-10/h4-6H,2-3,7-8H2,1H3. The van der Waals surface area contributed by atoms with E-state index in [0.717, 1.165) is 12.0 Å². The van der Waals surface area contributed by atoms with Crippen LogP contribution < -0.4 is 9.47 Å². The summed E-state index contributed by atoms with van der Waals surface area (Å²) >= 11 is 0. The highest BCUT2D eigenvalue weighted by atomic mass is 32.2. The molecule has 0 saturated carbocycles. The van der Waals surface area contributed by atoms with Crippen molar-refractivity contribution in [2.45, 2.75) is 25.5 Å². The number of carbonyl (C=O) groups is 1. The Bertz CT molecular complexity index is 456. The Morgan fingerprint density at radius 2 is 2.12 bits per heavy atom. The lowest BCUT2D eigenvalue weighted by molar-refractivity contribution is -0.111. The third-order valence-corrected chi connectivity index (χ3v) is 3.75. The third-order valence-electron chi connectivity index (χ3n) is 2.44. The second-order valence-electron chi connectivity index (χ2n) is 3.80. The molecule has 0 aliphatic carbocycles. The summed E-state index contributed by atoms with van der Waals surface area (Å²) in [5.41, 5.74) is 0.831. The molecule has 1 atom stereocenters. The van der Waals surface area contributed by atoms with Crippen molar-refractivity contribution in [3.05, 3.63) is 23.8 Å². The lowest BCUT2D eigenvalue weighted by Crippen LogP contribution is -2.08. The van der Waals surface area contributed by atoms with Gasteiger partial charge in [0.1, 0.15) is 0 Å². The van der Waals surface area contributed by atoms with Crippen molar-refractivity contribution >= 4 is 15.9 Å². The van der Waals surface area contributed by atoms with Crippen LogP contribution >= 0.6 is 0 Å². The topological polar surface area (TPSA) is 52.6 Å². The van der Waals surface area contributed by atoms with E-state index >= 15 is 0 Å². The van der Waals surface area contributed by atoms with Gasteiger partial charge in [-0.2, -0.15) is 0 Å². The fourth-order valence-electron chi connectivity index (χ4n) is 1.58. The van der Waals surface area contributed by atoms with Crippen LogP contribution in [0.5, 0.6) is 11.5 Å². The molecule has 0 saturated heterocycles. The van der Waals surface area contributed by atoms with Gasteiger partial charge in [0.15, 0.2) is 11.5 Å². The van der Waals surface area contributed by atoms with Crippen molar-refractivity contribution in [3.8, 4) is 11.5 Å². The molecule has 0 radical (unpaired) electrons. The van der Waals surface area contributed by atoms with Crippen LogP contribution in [0.1, 0.15) is 25.3 Å². The average Bonchev–Trinajstić information content (AvgIpc) is 2.76. The molecule has 0 N–H and O–H groups in total. The molecule has 0 spiro atoms. The summed E-state index contributed by atoms with van der Waals surface area (Å²) in [5, 5.41) is -0.190. The zero-order valence-corrected chi connectivity index (χ0v) is 10.4. The van der Waals surface area contributed by atoms with E-state index in [-0.39, 0.29) is 17.7 Å². The van der Waals surface area contributed by atoms with Gasteiger partial charge in [0.05, 0.1) is 16.6 Å². The second kappa shape index (κ2) is 5.31. The number of ether oxygens (including phenoxy) is 2. The summed E-state index contributed by atoms with van der Waals surface area (Å²) in [6, 6.07) is 5.36. The molecule has 1 aromatic carbocycles. The zero-order chi connectivity index (χ0) is 12.3. The quantitative estimate of drug-likeness (QED) is 0.824. The fourth-order valence-corrected chi connectivity index (χ4v) is 2.66. The van der Waals surface area contributed by atoms with Crippen molar-refractivity contribution in [1.82, 2.24) is 0 Å². The van der Waals surface area contributed by atoms with E-state index in [1.54, 1.807) is 12.1 Å². The largest absolute Gasteiger partial charge is 0.454 e. The summed E-state index contributed by atoms with van der Waals surface area (Å²) in [6.07, 6.45) is 1.10. The van der Waals surface area contributed by atoms with Crippen LogP contribution in [-0.2, 0) is 21.3 Å². The summed E-state index contributed by atoms with van der Waals surface area (Å²) in [6.45, 7) is 2.12. The van der Waals surface area contributed by atoms with Gasteiger partial charge >= 0.3 is 0 Å². The highest BCUT2D eigenvalue weighted by Crippen LogP contribution is 2.32. The molecular weight excluding hydrogens is 240 g/mol. The second-order valence-corrected chi connectivity index (χ2v) is 5.23. The van der Waals surface area contributed by atoms with Crippen LogP contribution in [0, 0.1) is 0 Å². The van der Waals surface area contributed by atoms with Crippen LogP contribution in [0.15, 0.2) is 18.2 Å². The van der Waals surface area contributed by atoms with Gasteiger partial charge in [0, 0.05) is 6.42 Å². The third kappa shape index (κ3) is 2.85. The van der Waals surface area contributed by atoms with Crippen LogP contribution in [0.4, 0.5) is 0 Å². The average molecular weight is 254 g/mol. The first kappa shape index (κ1) is 12.1. The van der Waals surface area contributed by atoms with Gasteiger partial charge in [0.2, 0.25) is 11.9 Å². The minimum Gasteiger partial charge on any atom is -0.454 e. The molecule has 2 rings (SSSR count). The smallest absolute Gasteiger partial charge is 0.231 e. The number of rotatable bonds is 4. The Kier molecular flexibility index (Phi) is 3.78. The zero-order valence-electron chi connectivity index (χ0n) is 9.60. The van der Waals surface area contributed by atoms with E-state index < -0.39 is 10.8 Å². The van der Waals surface area contributed by atoms with Crippen LogP contribution in [0.3, 0.4) is 0 Å². The number of benzene rings is 1. The molecule has 1 aromatic rings. The van der Waals surface area contributed by atoms with Crippen molar-refractivity contribution in [2.75, 3.05) is 6.79 Å². The summed E-state index contributed by atoms with van der Waals surface area (Å²) in [4.78, 5) is 11.4. The number of hydrogen-bond donors (Lipinski definition) is 0. The number of fused-ring (bicyclic) bond motifs is 1. The summed E-state index contributed by atoms with van der Waals surface area (Å²) in [5.74, 6) is 1.59. The Morgan fingerprint density at radius 1 is 1.35 bits per heavy atom. The lowest BCUT2D eigenvalue weighted by Gasteiger charge is -2.02. The lowest BCUT2D eigenvalue weighted by atomic mass is 10.2. The van der Waals surface area contributed by atoms with E-state index in [0.29, 0.717) is 17.9 Å². The van der Waals surface area contributed by atoms with Crippen LogP contribution in [0.25, 0.3) is 0 Å². The summed E-state index contributed by atoms with van der Waals surface area (Å²) in [7, 11) is -1.45. The highest BCUT2D eigenvalue weighted by Gasteiger charge is 2.16. The first-order valence-electron chi connectivity index (χ1n) is 5.50. The first-order chi connectivity index (χ1) is 8.20. The monoisotopic (exact) mass is 254 g/mol. The maximum atomic E-state index is 11.7. The molecule has 0 fully saturated rings. The molecule has 0 amide bonds. The maximum absolute atomic E-state index is 11.7. The Morgan fingerprint density at radius 3 is 2.88 bits per heavy atom. The van der Waals surface area contributed by atoms with E-state index in [2.05, 4.69) is 0 Å². The van der Waals surface area contributed by atoms with Gasteiger partial charge in [-0.15, -0.1) is 0 Å². The van der Waals surface area contributed by atoms with Gasteiger partial charge in [0.25, 0.3) is 0 Å². The molecule has 1 unspecified atom stereocenters. The molecule has 1 aliphatic rings. The Hall–Kier alpha value is -1.36. The molecule has 0 aromatic heterocycles. The molecule has 1 aliphatic heterocycles. The summed E-state index contributed by atoms with van der Waals surface area (Å²) < 4.78 is 22.1. The molecule has 5 heteroatoms. The fraction of sp³-hybridized carbons (Fsp3) is 0.417. The number of hydrogen-bond acceptors (Lipinski definition) is 4. The van der Waals surface area contributed by atoms with Crippen molar-refractivity contribution in [2.24, 2.45) is 0 Å². The first-order valence-corrected chi connectivity index (χ1v) is 6.82. The Labute approximate surface area is 102 Å². The molecular formula is C12H14O4S. The van der Waals surface area contributed by atoms with Gasteiger partial charge in [-0.05, 0) is 24.1 Å². The highest BCUT2D eigenvalue weighted by molar-refractivity contribution is 7.99. The minimum atomic E-state index is -1.45. The molecule has 1 heterocycles. The SMILES string of the molecule is CCCC(=O)S(=O)Cc1ccc2c(c1)OCO2. The Balaban J connectivity index is 2.04. The molecule has 17 heavy (non-hydrogen) atoms. The van der Waals surface area contributed by atoms with Crippen molar-refractivity contribution < 1.29 is 18.5 Å². The molecule has 4 nitrogen and oxygen atoms in total. The van der Waals surface area contributed by atoms with E-state index in [1.807, 2.05) is 13.0 Å². The predicted octanol–water partition coefficient (Wildman–Crippen LogP) is 1.99. The molecule has 0 bridgehead atoms. The predicted molar refractivity (Wildman–Crippen MR) is 64.3 cm³/mol. The van der Waals surface area contributed by atoms with Crippen LogP contribution in [-0.4, -0.2) is 16.1 Å². The van der Waals surface area contributed by atoms with E-state index in [4.69, 9.17) is 9.47 Å². The number of carbonyl (C=O) groups excluding carboxylic acids is 1. The minimum absolute atomic E-state index is 0.190. The van der Waals surface area contributed by atoms with E-state index in [9.17, 15) is 9.00 Å². The van der Waals surface area contributed by atoms with Crippen molar-refractivity contribution in [1.29, 1.82) is 0 Å². The van der Waals surface area contributed by atoms with Crippen LogP contribution in [0.2, 0.25) is 0 Å². The van der Waals surface area contributed by atoms with Gasteiger partial charge < -0.3 is 9.47 Å². The maximum Gasteiger partial charge on any atom is 0.231 e. The van der Waals surface area contributed by atoms with E-state index in [1.165, 1.54) is 0 Å². The van der Waals surface area contributed by atoms with Crippen molar-refractivity contribution in [3.63, 3.8) is 0 Å². The normalized spacial score (nSPS) is 14.6. The van der Waals surface area contributed by atoms with Gasteiger partial charge in [-0.25, -0.2) is 0 Å². The molecule has 92 valence electrons.